The van der Waals surface area contributed by atoms with Crippen LogP contribution in [0, 0.1) is 11.8 Å². The van der Waals surface area contributed by atoms with Crippen molar-refractivity contribution in [2.24, 2.45) is 11.8 Å². The Morgan fingerprint density at radius 1 is 1.31 bits per heavy atom. The van der Waals surface area contributed by atoms with E-state index >= 15 is 0 Å². The zero-order valence-electron chi connectivity index (χ0n) is 17.0. The lowest BCUT2D eigenvalue weighted by molar-refractivity contribution is -0.135. The van der Waals surface area contributed by atoms with Crippen LogP contribution in [0.3, 0.4) is 0 Å². The molecule has 2 N–H and O–H groups in total. The molecule has 1 aromatic rings. The molecule has 2 fully saturated rings. The lowest BCUT2D eigenvalue weighted by Crippen LogP contribution is -2.40. The standard InChI is InChI=1S/C20H28ClN3O2.CH2O2/c1-23(18-9-15-11-20(26)24(2)12-16(15)10-18)13-19(25)22-8-7-14-3-5-17(21)6-4-14;2-1-3/h3-6,15-16,18H,7-13H2,1-2H3,(H,22,25);1H,(H,2,3)/t15-,16+,18-;/m1./s1. The maximum Gasteiger partial charge on any atom is 0.290 e. The van der Waals surface area contributed by atoms with Gasteiger partial charge in [-0.3, -0.25) is 19.3 Å². The van der Waals surface area contributed by atoms with Crippen LogP contribution in [0.5, 0.6) is 0 Å². The van der Waals surface area contributed by atoms with Crippen LogP contribution in [0.25, 0.3) is 0 Å². The molecule has 1 aliphatic carbocycles. The fraction of sp³-hybridized carbons (Fsp3) is 0.571. The predicted octanol–water partition coefficient (Wildman–Crippen LogP) is 1.89. The number of carbonyl (C=O) groups is 3. The molecule has 1 aromatic carbocycles. The Bertz CT molecular complexity index is 698. The number of hydrogen-bond donors (Lipinski definition) is 2. The van der Waals surface area contributed by atoms with E-state index in [-0.39, 0.29) is 18.3 Å². The summed E-state index contributed by atoms with van der Waals surface area (Å²) < 4.78 is 0. The highest BCUT2D eigenvalue weighted by Gasteiger charge is 2.41. The van der Waals surface area contributed by atoms with Crippen molar-refractivity contribution >= 4 is 29.9 Å². The second-order valence-electron chi connectivity index (χ2n) is 7.87. The van der Waals surface area contributed by atoms with Gasteiger partial charge in [-0.05, 0) is 55.8 Å². The number of benzene rings is 1. The van der Waals surface area contributed by atoms with Crippen molar-refractivity contribution in [1.82, 2.24) is 15.1 Å². The first kappa shape index (κ1) is 23.2. The first-order valence-electron chi connectivity index (χ1n) is 9.87. The smallest absolute Gasteiger partial charge is 0.290 e. The van der Waals surface area contributed by atoms with Crippen LogP contribution >= 0.6 is 11.6 Å². The van der Waals surface area contributed by atoms with Crippen molar-refractivity contribution in [2.45, 2.75) is 31.7 Å². The van der Waals surface area contributed by atoms with Crippen molar-refractivity contribution in [1.29, 1.82) is 0 Å². The molecule has 0 aromatic heterocycles. The van der Waals surface area contributed by atoms with Gasteiger partial charge in [0, 0.05) is 37.6 Å². The summed E-state index contributed by atoms with van der Waals surface area (Å²) in [5.41, 5.74) is 1.16. The van der Waals surface area contributed by atoms with Crippen molar-refractivity contribution < 1.29 is 19.5 Å². The van der Waals surface area contributed by atoms with E-state index in [1.54, 1.807) is 0 Å². The summed E-state index contributed by atoms with van der Waals surface area (Å²) in [5, 5.41) is 10.6. The Labute approximate surface area is 177 Å². The first-order valence-corrected chi connectivity index (χ1v) is 10.2. The number of piperidine rings is 1. The minimum absolute atomic E-state index is 0.0597. The molecule has 160 valence electrons. The zero-order chi connectivity index (χ0) is 21.4. The van der Waals surface area contributed by atoms with Crippen molar-refractivity contribution in [2.75, 3.05) is 33.7 Å². The molecule has 1 aliphatic heterocycles. The molecule has 3 rings (SSSR count). The molecule has 0 radical (unpaired) electrons. The minimum Gasteiger partial charge on any atom is -0.483 e. The number of fused-ring (bicyclic) bond motifs is 1. The molecule has 8 heteroatoms. The van der Waals surface area contributed by atoms with Crippen LogP contribution in [0.15, 0.2) is 24.3 Å². The third kappa shape index (κ3) is 7.01. The third-order valence-corrected chi connectivity index (χ3v) is 6.10. The van der Waals surface area contributed by atoms with Gasteiger partial charge < -0.3 is 15.3 Å². The number of amides is 2. The Morgan fingerprint density at radius 2 is 1.93 bits per heavy atom. The number of likely N-dealkylation sites (N-methyl/N-ethyl adjacent to an activating group) is 1. The lowest BCUT2D eigenvalue weighted by Gasteiger charge is -2.31. The Balaban J connectivity index is 0.000000941. The monoisotopic (exact) mass is 423 g/mol. The normalized spacial score (nSPS) is 23.2. The fourth-order valence-electron chi connectivity index (χ4n) is 4.26. The average molecular weight is 424 g/mol. The maximum absolute atomic E-state index is 12.2. The molecule has 1 saturated carbocycles. The highest BCUT2D eigenvalue weighted by Crippen LogP contribution is 2.39. The minimum atomic E-state index is -0.250. The second kappa shape index (κ2) is 11.2. The van der Waals surface area contributed by atoms with Crippen LogP contribution in [-0.2, 0) is 20.8 Å². The largest absolute Gasteiger partial charge is 0.483 e. The van der Waals surface area contributed by atoms with Gasteiger partial charge in [-0.1, -0.05) is 23.7 Å². The lowest BCUT2D eigenvalue weighted by atomic mass is 9.88. The molecule has 2 aliphatic rings. The van der Waals surface area contributed by atoms with E-state index in [9.17, 15) is 9.59 Å². The number of rotatable bonds is 6. The van der Waals surface area contributed by atoms with Crippen molar-refractivity contribution in [3.8, 4) is 0 Å². The van der Waals surface area contributed by atoms with Gasteiger partial charge in [-0.2, -0.15) is 0 Å². The molecule has 0 bridgehead atoms. The zero-order valence-corrected chi connectivity index (χ0v) is 17.8. The SMILES string of the molecule is CN1C[C@@H]2C[C@H](N(C)CC(=O)NCCc3ccc(Cl)cc3)C[C@@H]2CC1=O.O=CO. The van der Waals surface area contributed by atoms with Crippen LogP contribution in [0.4, 0.5) is 0 Å². The van der Waals surface area contributed by atoms with Crippen molar-refractivity contribution in [3.05, 3.63) is 34.9 Å². The number of halogens is 1. The second-order valence-corrected chi connectivity index (χ2v) is 8.31. The molecule has 29 heavy (non-hydrogen) atoms. The quantitative estimate of drug-likeness (QED) is 0.682. The molecular weight excluding hydrogens is 394 g/mol. The number of hydrogen-bond acceptors (Lipinski definition) is 4. The molecule has 3 atom stereocenters. The number of nitrogens with zero attached hydrogens (tertiary/aromatic N) is 2. The number of nitrogens with one attached hydrogen (secondary N) is 1. The summed E-state index contributed by atoms with van der Waals surface area (Å²) in [6.45, 7) is 1.65. The molecular formula is C21H30ClN3O4. The van der Waals surface area contributed by atoms with E-state index in [2.05, 4.69) is 10.2 Å². The molecule has 1 heterocycles. The van der Waals surface area contributed by atoms with E-state index < -0.39 is 0 Å². The van der Waals surface area contributed by atoms with Crippen LogP contribution in [0.1, 0.15) is 24.8 Å². The molecule has 2 amide bonds. The topological polar surface area (TPSA) is 90.0 Å². The molecule has 0 unspecified atom stereocenters. The van der Waals surface area contributed by atoms with Crippen LogP contribution < -0.4 is 5.32 Å². The summed E-state index contributed by atoms with van der Waals surface area (Å²) in [4.78, 5) is 36.5. The van der Waals surface area contributed by atoms with E-state index in [0.717, 1.165) is 36.4 Å². The maximum atomic E-state index is 12.2. The van der Waals surface area contributed by atoms with Gasteiger partial charge in [0.1, 0.15) is 0 Å². The first-order chi connectivity index (χ1) is 13.8. The van der Waals surface area contributed by atoms with Gasteiger partial charge in [-0.15, -0.1) is 0 Å². The Kier molecular flexibility index (Phi) is 8.92. The Morgan fingerprint density at radius 3 is 2.59 bits per heavy atom. The molecule has 1 saturated heterocycles. The van der Waals surface area contributed by atoms with Gasteiger partial charge in [0.25, 0.3) is 6.47 Å². The highest BCUT2D eigenvalue weighted by molar-refractivity contribution is 6.30. The summed E-state index contributed by atoms with van der Waals surface area (Å²) in [6, 6.07) is 8.10. The fourth-order valence-corrected chi connectivity index (χ4v) is 4.38. The summed E-state index contributed by atoms with van der Waals surface area (Å²) in [5.74, 6) is 1.39. The van der Waals surface area contributed by atoms with Gasteiger partial charge in [0.15, 0.2) is 0 Å². The summed E-state index contributed by atoms with van der Waals surface area (Å²) >= 11 is 5.88. The van der Waals surface area contributed by atoms with Gasteiger partial charge in [0.2, 0.25) is 11.8 Å². The van der Waals surface area contributed by atoms with E-state index in [1.165, 1.54) is 0 Å². The number of carboxylic acid groups (broad SMARTS) is 1. The number of likely N-dealkylation sites (tertiary alicyclic amines) is 1. The van der Waals surface area contributed by atoms with Crippen LogP contribution in [0.2, 0.25) is 5.02 Å². The third-order valence-electron chi connectivity index (χ3n) is 5.85. The van der Waals surface area contributed by atoms with E-state index in [0.29, 0.717) is 37.4 Å². The average Bonchev–Trinajstić information content (AvgIpc) is 3.07. The van der Waals surface area contributed by atoms with Gasteiger partial charge in [0.05, 0.1) is 6.54 Å². The summed E-state index contributed by atoms with van der Waals surface area (Å²) in [6.07, 6.45) is 3.57. The highest BCUT2D eigenvalue weighted by atomic mass is 35.5. The predicted molar refractivity (Wildman–Crippen MR) is 112 cm³/mol. The molecule has 7 nitrogen and oxygen atoms in total. The van der Waals surface area contributed by atoms with E-state index in [1.807, 2.05) is 43.3 Å². The summed E-state index contributed by atoms with van der Waals surface area (Å²) in [7, 11) is 3.91. The van der Waals surface area contributed by atoms with Crippen molar-refractivity contribution in [3.63, 3.8) is 0 Å². The van der Waals surface area contributed by atoms with Crippen LogP contribution in [-0.4, -0.2) is 73.0 Å². The van der Waals surface area contributed by atoms with E-state index in [4.69, 9.17) is 21.5 Å². The Hall–Kier alpha value is -2.12. The van der Waals surface area contributed by atoms with Gasteiger partial charge >= 0.3 is 0 Å². The molecule has 0 spiro atoms. The van der Waals surface area contributed by atoms with Gasteiger partial charge in [-0.25, -0.2) is 0 Å². The number of carbonyl (C=O) groups excluding carboxylic acids is 2.